The molecule has 0 aromatic heterocycles. The van der Waals surface area contributed by atoms with Crippen LogP contribution < -0.4 is 0 Å². The highest BCUT2D eigenvalue weighted by atomic mass is 16.6. The van der Waals surface area contributed by atoms with E-state index in [2.05, 4.69) is 0 Å². The number of hydrogen-bond acceptors (Lipinski definition) is 5. The fourth-order valence-corrected chi connectivity index (χ4v) is 3.21. The molecule has 110 valence electrons. The van der Waals surface area contributed by atoms with Gasteiger partial charge in [0.15, 0.2) is 0 Å². The second-order valence-electron chi connectivity index (χ2n) is 5.49. The summed E-state index contributed by atoms with van der Waals surface area (Å²) in [5.41, 5.74) is 0.453. The monoisotopic (exact) mass is 288 g/mol. The van der Waals surface area contributed by atoms with Gasteiger partial charge < -0.3 is 14.3 Å². The lowest BCUT2D eigenvalue weighted by Gasteiger charge is -2.26. The van der Waals surface area contributed by atoms with Crippen molar-refractivity contribution in [1.82, 2.24) is 0 Å². The number of carbonyl (C=O) groups excluding carboxylic acids is 3. The number of fused-ring (bicyclic) bond motifs is 1. The van der Waals surface area contributed by atoms with Crippen LogP contribution in [0.3, 0.4) is 0 Å². The van der Waals surface area contributed by atoms with Crippen LogP contribution in [0.2, 0.25) is 0 Å². The predicted octanol–water partition coefficient (Wildman–Crippen LogP) is 1.75. The molecular weight excluding hydrogens is 272 g/mol. The molecule has 1 aliphatic carbocycles. The van der Waals surface area contributed by atoms with Gasteiger partial charge in [0, 0.05) is 18.8 Å². The molecule has 1 aliphatic heterocycles. The number of hydrogen-bond donors (Lipinski definition) is 0. The molecule has 3 rings (SSSR count). The second-order valence-corrected chi connectivity index (χ2v) is 5.49. The first-order chi connectivity index (χ1) is 10.2. The maximum atomic E-state index is 12.1. The standard InChI is InChI=1S/C16H16O5/c17-9-12-11-6-7-15(18)20-13(11)8-14(12)21-16(19)10-4-2-1-3-5-10/h1-5,9,11-14H,6-8H2/t11?,12-,13?,14?/m1/s1. The minimum atomic E-state index is -0.517. The number of ether oxygens (including phenoxy) is 2. The maximum Gasteiger partial charge on any atom is 0.338 e. The van der Waals surface area contributed by atoms with Gasteiger partial charge in [0.2, 0.25) is 0 Å². The molecule has 1 aromatic carbocycles. The molecule has 1 aromatic rings. The smallest absolute Gasteiger partial charge is 0.338 e. The van der Waals surface area contributed by atoms with Gasteiger partial charge in [-0.05, 0) is 18.6 Å². The van der Waals surface area contributed by atoms with Gasteiger partial charge >= 0.3 is 11.9 Å². The Morgan fingerprint density at radius 2 is 2.05 bits per heavy atom. The average Bonchev–Trinajstić information content (AvgIpc) is 2.84. The molecule has 0 bridgehead atoms. The average molecular weight is 288 g/mol. The first-order valence-electron chi connectivity index (χ1n) is 7.10. The van der Waals surface area contributed by atoms with Crippen molar-refractivity contribution >= 4 is 18.2 Å². The molecular formula is C16H16O5. The first-order valence-corrected chi connectivity index (χ1v) is 7.10. The first kappa shape index (κ1) is 13.8. The van der Waals surface area contributed by atoms with Gasteiger partial charge in [0.1, 0.15) is 18.5 Å². The van der Waals surface area contributed by atoms with Crippen molar-refractivity contribution in [2.45, 2.75) is 31.5 Å². The SMILES string of the molecule is O=C[C@H]1C(OC(=O)c2ccccc2)CC2OC(=O)CCC21. The number of esters is 2. The Balaban J connectivity index is 1.72. The van der Waals surface area contributed by atoms with Crippen molar-refractivity contribution in [2.75, 3.05) is 0 Å². The summed E-state index contributed by atoms with van der Waals surface area (Å²) in [5, 5.41) is 0. The molecule has 1 saturated heterocycles. The molecule has 3 unspecified atom stereocenters. The molecule has 4 atom stereocenters. The van der Waals surface area contributed by atoms with Crippen LogP contribution in [-0.2, 0) is 19.1 Å². The summed E-state index contributed by atoms with van der Waals surface area (Å²) < 4.78 is 10.7. The summed E-state index contributed by atoms with van der Waals surface area (Å²) in [6, 6.07) is 8.66. The zero-order chi connectivity index (χ0) is 14.8. The Morgan fingerprint density at radius 3 is 2.76 bits per heavy atom. The Hall–Kier alpha value is -2.17. The Kier molecular flexibility index (Phi) is 3.73. The highest BCUT2D eigenvalue weighted by Gasteiger charge is 2.49. The summed E-state index contributed by atoms with van der Waals surface area (Å²) in [5.74, 6) is -1.11. The van der Waals surface area contributed by atoms with Crippen LogP contribution in [0.1, 0.15) is 29.6 Å². The fourth-order valence-electron chi connectivity index (χ4n) is 3.21. The Morgan fingerprint density at radius 1 is 1.29 bits per heavy atom. The van der Waals surface area contributed by atoms with E-state index in [1.165, 1.54) is 0 Å². The van der Waals surface area contributed by atoms with Gasteiger partial charge in [-0.2, -0.15) is 0 Å². The van der Waals surface area contributed by atoms with E-state index in [1.54, 1.807) is 24.3 Å². The van der Waals surface area contributed by atoms with E-state index in [0.717, 1.165) is 6.29 Å². The van der Waals surface area contributed by atoms with Crippen molar-refractivity contribution in [1.29, 1.82) is 0 Å². The van der Waals surface area contributed by atoms with Crippen LogP contribution in [0.4, 0.5) is 0 Å². The molecule has 0 N–H and O–H groups in total. The summed E-state index contributed by atoms with van der Waals surface area (Å²) in [4.78, 5) is 34.8. The molecule has 0 amide bonds. The van der Waals surface area contributed by atoms with Crippen LogP contribution in [-0.4, -0.2) is 30.4 Å². The van der Waals surface area contributed by atoms with Gasteiger partial charge in [-0.25, -0.2) is 4.79 Å². The van der Waals surface area contributed by atoms with Crippen LogP contribution in [0.25, 0.3) is 0 Å². The molecule has 1 saturated carbocycles. The third-order valence-corrected chi connectivity index (χ3v) is 4.26. The van der Waals surface area contributed by atoms with E-state index < -0.39 is 18.0 Å². The van der Waals surface area contributed by atoms with E-state index in [0.29, 0.717) is 24.8 Å². The van der Waals surface area contributed by atoms with Crippen molar-refractivity contribution in [2.24, 2.45) is 11.8 Å². The normalized spacial score (nSPS) is 31.1. The zero-order valence-electron chi connectivity index (χ0n) is 11.4. The Bertz CT molecular complexity index is 553. The maximum absolute atomic E-state index is 12.1. The number of carbonyl (C=O) groups is 3. The van der Waals surface area contributed by atoms with E-state index in [1.807, 2.05) is 6.07 Å². The van der Waals surface area contributed by atoms with E-state index in [-0.39, 0.29) is 18.0 Å². The largest absolute Gasteiger partial charge is 0.462 e. The van der Waals surface area contributed by atoms with Gasteiger partial charge in [-0.1, -0.05) is 18.2 Å². The molecule has 5 heteroatoms. The van der Waals surface area contributed by atoms with E-state index >= 15 is 0 Å². The highest BCUT2D eigenvalue weighted by molar-refractivity contribution is 5.89. The van der Waals surface area contributed by atoms with Crippen molar-refractivity contribution in [3.05, 3.63) is 35.9 Å². The summed E-state index contributed by atoms with van der Waals surface area (Å²) >= 11 is 0. The summed E-state index contributed by atoms with van der Waals surface area (Å²) in [6.45, 7) is 0. The van der Waals surface area contributed by atoms with Crippen LogP contribution in [0.5, 0.6) is 0 Å². The van der Waals surface area contributed by atoms with Crippen LogP contribution in [0.15, 0.2) is 30.3 Å². The molecule has 0 radical (unpaired) electrons. The number of benzene rings is 1. The molecule has 0 spiro atoms. The topological polar surface area (TPSA) is 69.7 Å². The lowest BCUT2D eigenvalue weighted by molar-refractivity contribution is -0.157. The third-order valence-electron chi connectivity index (χ3n) is 4.26. The van der Waals surface area contributed by atoms with Crippen molar-refractivity contribution < 1.29 is 23.9 Å². The quantitative estimate of drug-likeness (QED) is 0.626. The molecule has 21 heavy (non-hydrogen) atoms. The van der Waals surface area contributed by atoms with Gasteiger partial charge in [-0.15, -0.1) is 0 Å². The molecule has 2 aliphatic rings. The van der Waals surface area contributed by atoms with Crippen molar-refractivity contribution in [3.8, 4) is 0 Å². The fraction of sp³-hybridized carbons (Fsp3) is 0.438. The number of aldehydes is 1. The molecule has 1 heterocycles. The molecule has 5 nitrogen and oxygen atoms in total. The minimum Gasteiger partial charge on any atom is -0.462 e. The van der Waals surface area contributed by atoms with E-state index in [4.69, 9.17) is 9.47 Å². The van der Waals surface area contributed by atoms with Gasteiger partial charge in [0.25, 0.3) is 0 Å². The number of rotatable bonds is 3. The zero-order valence-corrected chi connectivity index (χ0v) is 11.4. The summed E-state index contributed by atoms with van der Waals surface area (Å²) in [6.07, 6.45) is 1.34. The lowest BCUT2D eigenvalue weighted by Crippen LogP contribution is -2.32. The minimum absolute atomic E-state index is 0.0335. The predicted molar refractivity (Wildman–Crippen MR) is 72.4 cm³/mol. The second kappa shape index (κ2) is 5.68. The van der Waals surface area contributed by atoms with Crippen molar-refractivity contribution in [3.63, 3.8) is 0 Å². The van der Waals surface area contributed by atoms with Gasteiger partial charge in [-0.3, -0.25) is 4.79 Å². The molecule has 2 fully saturated rings. The highest BCUT2D eigenvalue weighted by Crippen LogP contribution is 2.41. The third kappa shape index (κ3) is 2.68. The lowest BCUT2D eigenvalue weighted by atomic mass is 9.89. The van der Waals surface area contributed by atoms with E-state index in [9.17, 15) is 14.4 Å². The van der Waals surface area contributed by atoms with Gasteiger partial charge in [0.05, 0.1) is 11.5 Å². The van der Waals surface area contributed by atoms with Crippen LogP contribution in [0, 0.1) is 11.8 Å². The Labute approximate surface area is 122 Å². The van der Waals surface area contributed by atoms with Crippen LogP contribution >= 0.6 is 0 Å². The summed E-state index contributed by atoms with van der Waals surface area (Å²) in [7, 11) is 0.